The first-order valence-corrected chi connectivity index (χ1v) is 7.53. The highest BCUT2D eigenvalue weighted by molar-refractivity contribution is 9.10. The third-order valence-corrected chi connectivity index (χ3v) is 5.28. The van der Waals surface area contributed by atoms with Gasteiger partial charge in [0.05, 0.1) is 5.56 Å². The lowest BCUT2D eigenvalue weighted by Crippen LogP contribution is -2.24. The average molecular weight is 335 g/mol. The van der Waals surface area contributed by atoms with E-state index >= 15 is 0 Å². The summed E-state index contributed by atoms with van der Waals surface area (Å²) >= 11 is 3.27. The minimum atomic E-state index is -3.15. The molecule has 0 fully saturated rings. The molecule has 0 radical (unpaired) electrons. The van der Waals surface area contributed by atoms with Crippen molar-refractivity contribution in [2.45, 2.75) is 0 Å². The quantitative estimate of drug-likeness (QED) is 0.612. The van der Waals surface area contributed by atoms with Crippen LogP contribution in [-0.4, -0.2) is 43.8 Å². The Labute approximate surface area is 115 Å². The molecule has 0 spiro atoms. The van der Waals surface area contributed by atoms with Crippen LogP contribution in [0.2, 0.25) is 0 Å². The molecule has 1 aromatic carbocycles. The Balaban J connectivity index is 3.17. The molecule has 7 heteroatoms. The topological polar surface area (TPSA) is 49.9 Å². The van der Waals surface area contributed by atoms with Gasteiger partial charge in [-0.15, -0.1) is 0 Å². The van der Waals surface area contributed by atoms with Gasteiger partial charge < -0.3 is 4.52 Å². The third-order valence-electron chi connectivity index (χ3n) is 2.33. The zero-order chi connectivity index (χ0) is 13.9. The van der Waals surface area contributed by atoms with Crippen molar-refractivity contribution >= 4 is 29.9 Å². The van der Waals surface area contributed by atoms with Gasteiger partial charge in [-0.25, -0.2) is 13.9 Å². The van der Waals surface area contributed by atoms with E-state index in [0.717, 1.165) is 4.47 Å². The summed E-state index contributed by atoms with van der Waals surface area (Å²) in [5.41, 5.74) is 0.355. The first kappa shape index (κ1) is 15.4. The SMILES string of the molecule is CN(C)P(=O)(Oc1ccc(Br)cc1C=O)N(C)C. The Bertz CT molecular complexity index is 479. The highest BCUT2D eigenvalue weighted by Gasteiger charge is 2.31. The maximum atomic E-state index is 12.6. The van der Waals surface area contributed by atoms with Crippen molar-refractivity contribution in [2.24, 2.45) is 0 Å². The van der Waals surface area contributed by atoms with Gasteiger partial charge in [-0.1, -0.05) is 15.9 Å². The van der Waals surface area contributed by atoms with Gasteiger partial charge in [-0.3, -0.25) is 4.79 Å². The number of aldehydes is 1. The number of rotatable bonds is 5. The summed E-state index contributed by atoms with van der Waals surface area (Å²) in [6.45, 7) is 0. The average Bonchev–Trinajstić information content (AvgIpc) is 2.30. The largest absolute Gasteiger partial charge is 0.421 e. The molecule has 0 saturated carbocycles. The lowest BCUT2D eigenvalue weighted by atomic mass is 10.2. The van der Waals surface area contributed by atoms with Crippen LogP contribution in [0.5, 0.6) is 5.75 Å². The number of hydrogen-bond donors (Lipinski definition) is 0. The Kier molecular flexibility index (Phi) is 5.10. The molecule has 0 aliphatic rings. The van der Waals surface area contributed by atoms with E-state index < -0.39 is 7.67 Å². The zero-order valence-corrected chi connectivity index (χ0v) is 13.2. The second-order valence-corrected chi connectivity index (χ2v) is 7.76. The Morgan fingerprint density at radius 3 is 2.22 bits per heavy atom. The first-order chi connectivity index (χ1) is 8.31. The smallest absolute Gasteiger partial charge is 0.394 e. The molecule has 0 unspecified atom stereocenters. The second-order valence-electron chi connectivity index (χ2n) is 4.08. The van der Waals surface area contributed by atoms with E-state index in [1.807, 2.05) is 0 Å². The van der Waals surface area contributed by atoms with Crippen molar-refractivity contribution in [1.82, 2.24) is 9.34 Å². The van der Waals surface area contributed by atoms with Crippen LogP contribution in [0.4, 0.5) is 0 Å². The summed E-state index contributed by atoms with van der Waals surface area (Å²) in [5, 5.41) is 0. The Hall–Kier alpha value is -0.680. The molecule has 0 aliphatic heterocycles. The van der Waals surface area contributed by atoms with Gasteiger partial charge in [-0.2, -0.15) is 0 Å². The lowest BCUT2D eigenvalue weighted by molar-refractivity contribution is 0.112. The minimum Gasteiger partial charge on any atom is -0.421 e. The summed E-state index contributed by atoms with van der Waals surface area (Å²) in [6.07, 6.45) is 0.676. The van der Waals surface area contributed by atoms with E-state index in [-0.39, 0.29) is 0 Å². The molecule has 0 heterocycles. The zero-order valence-electron chi connectivity index (χ0n) is 10.8. The predicted octanol–water partition coefficient (Wildman–Crippen LogP) is 2.87. The van der Waals surface area contributed by atoms with Crippen molar-refractivity contribution in [3.63, 3.8) is 0 Å². The molecule has 0 aliphatic carbocycles. The van der Waals surface area contributed by atoms with Crippen molar-refractivity contribution in [3.05, 3.63) is 28.2 Å². The minimum absolute atomic E-state index is 0.305. The van der Waals surface area contributed by atoms with Crippen LogP contribution in [-0.2, 0) is 4.57 Å². The number of benzene rings is 1. The van der Waals surface area contributed by atoms with Crippen LogP contribution in [0, 0.1) is 0 Å². The van der Waals surface area contributed by atoms with E-state index in [0.29, 0.717) is 17.6 Å². The molecule has 1 aromatic rings. The molecule has 0 aromatic heterocycles. The van der Waals surface area contributed by atoms with Crippen molar-refractivity contribution < 1.29 is 13.9 Å². The van der Waals surface area contributed by atoms with Crippen LogP contribution in [0.1, 0.15) is 10.4 Å². The maximum absolute atomic E-state index is 12.6. The molecule has 0 saturated heterocycles. The van der Waals surface area contributed by atoms with Gasteiger partial charge in [0.25, 0.3) is 0 Å². The number of carbonyl (C=O) groups is 1. The second kappa shape index (κ2) is 5.97. The number of halogens is 1. The van der Waals surface area contributed by atoms with Gasteiger partial charge in [0.1, 0.15) is 5.75 Å². The fourth-order valence-electron chi connectivity index (χ4n) is 1.34. The van der Waals surface area contributed by atoms with E-state index in [1.54, 1.807) is 46.4 Å². The lowest BCUT2D eigenvalue weighted by Gasteiger charge is -2.30. The van der Waals surface area contributed by atoms with E-state index in [9.17, 15) is 9.36 Å². The molecule has 1 rings (SSSR count). The van der Waals surface area contributed by atoms with Crippen LogP contribution in [0.3, 0.4) is 0 Å². The summed E-state index contributed by atoms with van der Waals surface area (Å²) in [7, 11) is 3.52. The number of nitrogens with zero attached hydrogens (tertiary/aromatic N) is 2. The van der Waals surface area contributed by atoms with Crippen LogP contribution >= 0.6 is 23.6 Å². The van der Waals surface area contributed by atoms with E-state index in [1.165, 1.54) is 9.34 Å². The summed E-state index contributed by atoms with van der Waals surface area (Å²) in [4.78, 5) is 11.0. The molecule has 0 atom stereocenters. The van der Waals surface area contributed by atoms with Crippen molar-refractivity contribution in [1.29, 1.82) is 0 Å². The maximum Gasteiger partial charge on any atom is 0.394 e. The van der Waals surface area contributed by atoms with Gasteiger partial charge in [0.2, 0.25) is 0 Å². The molecule has 0 N–H and O–H groups in total. The number of carbonyl (C=O) groups excluding carboxylic acids is 1. The first-order valence-electron chi connectivity index (χ1n) is 5.21. The van der Waals surface area contributed by atoms with E-state index in [2.05, 4.69) is 15.9 Å². The summed E-state index contributed by atoms with van der Waals surface area (Å²) in [6, 6.07) is 4.98. The summed E-state index contributed by atoms with van der Waals surface area (Å²) < 4.78 is 22.0. The fourth-order valence-corrected chi connectivity index (χ4v) is 3.19. The number of hydrogen-bond acceptors (Lipinski definition) is 3. The predicted molar refractivity (Wildman–Crippen MR) is 75.1 cm³/mol. The molecular weight excluding hydrogens is 319 g/mol. The molecule has 0 amide bonds. The van der Waals surface area contributed by atoms with Crippen LogP contribution in [0.15, 0.2) is 22.7 Å². The molecule has 100 valence electrons. The normalized spacial score (nSPS) is 11.9. The van der Waals surface area contributed by atoms with Crippen molar-refractivity contribution in [3.8, 4) is 5.75 Å². The third kappa shape index (κ3) is 3.20. The van der Waals surface area contributed by atoms with Gasteiger partial charge >= 0.3 is 7.67 Å². The standard InChI is InChI=1S/C11H16BrN2O3P/c1-13(2)18(16,14(3)4)17-11-6-5-10(12)7-9(11)8-15/h5-8H,1-4H3. The van der Waals surface area contributed by atoms with Gasteiger partial charge in [-0.05, 0) is 46.4 Å². The Morgan fingerprint density at radius 2 is 1.78 bits per heavy atom. The van der Waals surface area contributed by atoms with E-state index in [4.69, 9.17) is 4.52 Å². The Morgan fingerprint density at radius 1 is 1.22 bits per heavy atom. The fraction of sp³-hybridized carbons (Fsp3) is 0.364. The van der Waals surface area contributed by atoms with Gasteiger partial charge in [0.15, 0.2) is 6.29 Å². The monoisotopic (exact) mass is 334 g/mol. The van der Waals surface area contributed by atoms with Gasteiger partial charge in [0, 0.05) is 4.47 Å². The molecule has 5 nitrogen and oxygen atoms in total. The molecule has 0 bridgehead atoms. The highest BCUT2D eigenvalue weighted by Crippen LogP contribution is 2.51. The highest BCUT2D eigenvalue weighted by atomic mass is 79.9. The van der Waals surface area contributed by atoms with Crippen LogP contribution in [0.25, 0.3) is 0 Å². The van der Waals surface area contributed by atoms with Crippen LogP contribution < -0.4 is 4.52 Å². The summed E-state index contributed by atoms with van der Waals surface area (Å²) in [5.74, 6) is 0.305. The molecular formula is C11H16BrN2O3P. The van der Waals surface area contributed by atoms with Crippen molar-refractivity contribution in [2.75, 3.05) is 28.2 Å². The molecule has 18 heavy (non-hydrogen) atoms.